The van der Waals surface area contributed by atoms with Gasteiger partial charge >= 0.3 is 0 Å². The average molecular weight is 449 g/mol. The Labute approximate surface area is 186 Å². The van der Waals surface area contributed by atoms with Crippen LogP contribution in [0.1, 0.15) is 72.1 Å². The van der Waals surface area contributed by atoms with E-state index in [0.717, 1.165) is 25.7 Å². The number of unbranched alkanes of at least 4 members (excludes halogenated alkanes) is 6. The molecule has 0 spiro atoms. The first-order chi connectivity index (χ1) is 14.6. The Hall–Kier alpha value is -1.26. The van der Waals surface area contributed by atoms with Crippen molar-refractivity contribution >= 4 is 11.8 Å². The molecule has 0 fully saturated rings. The predicted molar refractivity (Wildman–Crippen MR) is 118 cm³/mol. The number of aliphatic hydroxyl groups is 5. The molecule has 0 aliphatic heterocycles. The molecule has 1 unspecified atom stereocenters. The van der Waals surface area contributed by atoms with E-state index in [1.54, 1.807) is 0 Å². The molecule has 0 aliphatic rings. The highest BCUT2D eigenvalue weighted by Crippen LogP contribution is 2.14. The minimum atomic E-state index is -1.77. The normalized spacial score (nSPS) is 16.4. The van der Waals surface area contributed by atoms with E-state index >= 15 is 0 Å². The summed E-state index contributed by atoms with van der Waals surface area (Å²) in [4.78, 5) is 25.1. The molecule has 7 N–H and O–H groups in total. The molecule has 0 radical (unpaired) electrons. The Balaban J connectivity index is 4.71. The van der Waals surface area contributed by atoms with E-state index in [1.807, 2.05) is 13.8 Å². The van der Waals surface area contributed by atoms with Crippen LogP contribution in [0.3, 0.4) is 0 Å². The molecule has 0 saturated carbocycles. The zero-order chi connectivity index (χ0) is 23.8. The monoisotopic (exact) mass is 448 g/mol. The number of amides is 2. The fraction of sp³-hybridized carbons (Fsp3) is 0.909. The lowest BCUT2D eigenvalue weighted by molar-refractivity contribution is -0.137. The van der Waals surface area contributed by atoms with Gasteiger partial charge in [0.25, 0.3) is 0 Å². The summed E-state index contributed by atoms with van der Waals surface area (Å²) in [5, 5.41) is 52.9. The highest BCUT2D eigenvalue weighted by Gasteiger charge is 2.32. The summed E-state index contributed by atoms with van der Waals surface area (Å²) in [6.07, 6.45) is 1.08. The van der Waals surface area contributed by atoms with Crippen molar-refractivity contribution < 1.29 is 35.1 Å². The number of carbonyl (C=O) groups excluding carboxylic acids is 2. The van der Waals surface area contributed by atoms with Gasteiger partial charge in [0.1, 0.15) is 24.2 Å². The fourth-order valence-electron chi connectivity index (χ4n) is 3.13. The van der Waals surface area contributed by atoms with Crippen molar-refractivity contribution in [3.63, 3.8) is 0 Å². The average Bonchev–Trinajstić information content (AvgIpc) is 2.75. The molecule has 0 aliphatic carbocycles. The van der Waals surface area contributed by atoms with E-state index in [0.29, 0.717) is 13.0 Å². The Morgan fingerprint density at radius 1 is 0.742 bits per heavy atom. The van der Waals surface area contributed by atoms with Gasteiger partial charge in [-0.15, -0.1) is 0 Å². The van der Waals surface area contributed by atoms with Gasteiger partial charge in [-0.25, -0.2) is 0 Å². The van der Waals surface area contributed by atoms with Gasteiger partial charge < -0.3 is 36.2 Å². The van der Waals surface area contributed by atoms with Crippen LogP contribution in [-0.4, -0.2) is 81.5 Å². The van der Waals surface area contributed by atoms with Gasteiger partial charge in [-0.3, -0.25) is 9.59 Å². The number of hydrogen-bond acceptors (Lipinski definition) is 7. The lowest BCUT2D eigenvalue weighted by Gasteiger charge is -2.26. The maximum atomic E-state index is 12.6. The summed E-state index contributed by atoms with van der Waals surface area (Å²) >= 11 is 0. The number of nitrogens with one attached hydrogen (secondary N) is 2. The minimum absolute atomic E-state index is 0.239. The van der Waals surface area contributed by atoms with Crippen LogP contribution in [0.25, 0.3) is 0 Å². The maximum Gasteiger partial charge on any atom is 0.232 e. The first kappa shape index (κ1) is 29.7. The van der Waals surface area contributed by atoms with Gasteiger partial charge in [-0.05, 0) is 12.3 Å². The van der Waals surface area contributed by atoms with E-state index < -0.39 is 49.4 Å². The molecule has 0 heterocycles. The Morgan fingerprint density at radius 2 is 1.23 bits per heavy atom. The van der Waals surface area contributed by atoms with Gasteiger partial charge in [0.2, 0.25) is 11.8 Å². The molecule has 2 amide bonds. The molecule has 0 rings (SSSR count). The van der Waals surface area contributed by atoms with Crippen molar-refractivity contribution in [2.75, 3.05) is 19.7 Å². The molecule has 0 aromatic rings. The second kappa shape index (κ2) is 17.3. The zero-order valence-electron chi connectivity index (χ0n) is 19.3. The number of aliphatic hydroxyl groups excluding tert-OH is 5. The topological polar surface area (TPSA) is 159 Å². The fourth-order valence-corrected chi connectivity index (χ4v) is 3.13. The molecule has 9 heteroatoms. The molecule has 31 heavy (non-hydrogen) atoms. The standard InChI is InChI=1S/C22H44N2O7/c1-4-5-6-7-8-9-10-11-16(21(30)23-12-15(2)3)22(31)24-13-17(26)19(28)20(29)18(27)14-25/h15-20,25-29H,4-14H2,1-3H3,(H,23,30)(H,24,31)/t16?,17-,18+,19+,20+/m1/s1. The van der Waals surface area contributed by atoms with E-state index in [4.69, 9.17) is 5.11 Å². The van der Waals surface area contributed by atoms with Crippen LogP contribution in [0.4, 0.5) is 0 Å². The summed E-state index contributed by atoms with van der Waals surface area (Å²) in [6, 6.07) is 0. The van der Waals surface area contributed by atoms with Crippen molar-refractivity contribution in [1.82, 2.24) is 10.6 Å². The molecular weight excluding hydrogens is 404 g/mol. The maximum absolute atomic E-state index is 12.6. The minimum Gasteiger partial charge on any atom is -0.394 e. The number of rotatable bonds is 18. The van der Waals surface area contributed by atoms with Crippen molar-refractivity contribution in [1.29, 1.82) is 0 Å². The van der Waals surface area contributed by atoms with E-state index in [2.05, 4.69) is 17.6 Å². The zero-order valence-corrected chi connectivity index (χ0v) is 19.3. The molecule has 0 aromatic heterocycles. The van der Waals surface area contributed by atoms with Crippen LogP contribution in [0, 0.1) is 11.8 Å². The summed E-state index contributed by atoms with van der Waals surface area (Å²) in [5.41, 5.74) is 0. The smallest absolute Gasteiger partial charge is 0.232 e. The van der Waals surface area contributed by atoms with E-state index in [-0.39, 0.29) is 11.8 Å². The SMILES string of the molecule is CCCCCCCCCC(C(=O)NCC(C)C)C(=O)NC[C@@H](O)[C@H](O)[C@@H](O)[C@@H](O)CO. The third kappa shape index (κ3) is 13.0. The van der Waals surface area contributed by atoms with Gasteiger partial charge in [0.05, 0.1) is 12.7 Å². The van der Waals surface area contributed by atoms with Gasteiger partial charge in [-0.2, -0.15) is 0 Å². The number of carbonyl (C=O) groups is 2. The summed E-state index contributed by atoms with van der Waals surface area (Å²) in [6.45, 7) is 5.33. The lowest BCUT2D eigenvalue weighted by Crippen LogP contribution is -2.51. The second-order valence-electron chi connectivity index (χ2n) is 8.65. The lowest BCUT2D eigenvalue weighted by atomic mass is 9.97. The third-order valence-electron chi connectivity index (χ3n) is 5.22. The quantitative estimate of drug-likeness (QED) is 0.115. The predicted octanol–water partition coefficient (Wildman–Crippen LogP) is 0.0676. The Morgan fingerprint density at radius 3 is 1.74 bits per heavy atom. The van der Waals surface area contributed by atoms with Crippen LogP contribution >= 0.6 is 0 Å². The van der Waals surface area contributed by atoms with Gasteiger partial charge in [0.15, 0.2) is 0 Å². The highest BCUT2D eigenvalue weighted by atomic mass is 16.4. The van der Waals surface area contributed by atoms with Crippen molar-refractivity contribution in [3.05, 3.63) is 0 Å². The van der Waals surface area contributed by atoms with Crippen LogP contribution in [0.2, 0.25) is 0 Å². The van der Waals surface area contributed by atoms with Gasteiger partial charge in [0, 0.05) is 13.1 Å². The summed E-state index contributed by atoms with van der Waals surface area (Å²) in [5.74, 6) is -1.60. The van der Waals surface area contributed by atoms with Crippen LogP contribution in [0.15, 0.2) is 0 Å². The van der Waals surface area contributed by atoms with Crippen LogP contribution < -0.4 is 10.6 Å². The molecule has 0 bridgehead atoms. The first-order valence-corrected chi connectivity index (χ1v) is 11.5. The van der Waals surface area contributed by atoms with Gasteiger partial charge in [-0.1, -0.05) is 65.7 Å². The first-order valence-electron chi connectivity index (χ1n) is 11.5. The summed E-state index contributed by atoms with van der Waals surface area (Å²) in [7, 11) is 0. The molecule has 0 saturated heterocycles. The van der Waals surface area contributed by atoms with Crippen molar-refractivity contribution in [3.8, 4) is 0 Å². The van der Waals surface area contributed by atoms with E-state index in [9.17, 15) is 30.0 Å². The second-order valence-corrected chi connectivity index (χ2v) is 8.65. The van der Waals surface area contributed by atoms with Crippen LogP contribution in [0.5, 0.6) is 0 Å². The van der Waals surface area contributed by atoms with Crippen LogP contribution in [-0.2, 0) is 9.59 Å². The largest absolute Gasteiger partial charge is 0.394 e. The molecular formula is C22H44N2O7. The van der Waals surface area contributed by atoms with E-state index in [1.165, 1.54) is 19.3 Å². The third-order valence-corrected chi connectivity index (χ3v) is 5.22. The Bertz CT molecular complexity index is 490. The molecule has 5 atom stereocenters. The Kier molecular flexibility index (Phi) is 16.6. The molecule has 0 aromatic carbocycles. The van der Waals surface area contributed by atoms with Crippen molar-refractivity contribution in [2.24, 2.45) is 11.8 Å². The van der Waals surface area contributed by atoms with Crippen molar-refractivity contribution in [2.45, 2.75) is 96.6 Å². The summed E-state index contributed by atoms with van der Waals surface area (Å²) < 4.78 is 0. The molecule has 9 nitrogen and oxygen atoms in total. The molecule has 184 valence electrons. The highest BCUT2D eigenvalue weighted by molar-refractivity contribution is 6.00. The number of hydrogen-bond donors (Lipinski definition) is 7.